The Labute approximate surface area is 84.3 Å². The summed E-state index contributed by atoms with van der Waals surface area (Å²) in [5.41, 5.74) is 5.95. The summed E-state index contributed by atoms with van der Waals surface area (Å²) in [7, 11) is 0. The number of hydrogen-bond donors (Lipinski definition) is 3. The maximum atomic E-state index is 10.4. The minimum atomic E-state index is -0.494. The fraction of sp³-hybridized carbons (Fsp3) is 0.667. The van der Waals surface area contributed by atoms with Crippen molar-refractivity contribution >= 4 is 6.03 Å². The molecule has 5 nitrogen and oxygen atoms in total. The van der Waals surface area contributed by atoms with Crippen molar-refractivity contribution < 1.29 is 4.79 Å². The first-order chi connectivity index (χ1) is 6.68. The number of nitrogens with two attached hydrogens (primary N) is 1. The summed E-state index contributed by atoms with van der Waals surface area (Å²) in [6.45, 7) is 9.32. The SMILES string of the molecule is C=C(CNC(N)=O)CN1CCNCC1. The largest absolute Gasteiger partial charge is 0.352 e. The van der Waals surface area contributed by atoms with Gasteiger partial charge in [-0.25, -0.2) is 4.79 Å². The number of carbonyl (C=O) groups is 1. The van der Waals surface area contributed by atoms with E-state index in [2.05, 4.69) is 22.1 Å². The van der Waals surface area contributed by atoms with Crippen molar-refractivity contribution in [1.82, 2.24) is 15.5 Å². The Balaban J connectivity index is 2.15. The molecule has 0 atom stereocenters. The van der Waals surface area contributed by atoms with Gasteiger partial charge >= 0.3 is 6.03 Å². The van der Waals surface area contributed by atoms with Crippen LogP contribution in [-0.2, 0) is 0 Å². The van der Waals surface area contributed by atoms with E-state index in [-0.39, 0.29) is 0 Å². The minimum absolute atomic E-state index is 0.471. The van der Waals surface area contributed by atoms with E-state index in [9.17, 15) is 4.79 Å². The molecule has 0 aromatic rings. The fourth-order valence-corrected chi connectivity index (χ4v) is 1.45. The van der Waals surface area contributed by atoms with Crippen molar-refractivity contribution in [3.63, 3.8) is 0 Å². The fourth-order valence-electron chi connectivity index (χ4n) is 1.45. The number of carbonyl (C=O) groups excluding carboxylic acids is 1. The summed E-state index contributed by atoms with van der Waals surface area (Å²) in [4.78, 5) is 12.7. The normalized spacial score (nSPS) is 17.7. The average molecular weight is 198 g/mol. The van der Waals surface area contributed by atoms with Crippen molar-refractivity contribution in [3.8, 4) is 0 Å². The molecule has 0 aromatic carbocycles. The number of urea groups is 1. The summed E-state index contributed by atoms with van der Waals surface area (Å²) in [6, 6.07) is -0.494. The predicted octanol–water partition coefficient (Wildman–Crippen LogP) is -0.884. The van der Waals surface area contributed by atoms with Crippen LogP contribution in [0.5, 0.6) is 0 Å². The summed E-state index contributed by atoms with van der Waals surface area (Å²) in [6.07, 6.45) is 0. The van der Waals surface area contributed by atoms with Gasteiger partial charge in [0.2, 0.25) is 0 Å². The molecule has 0 spiro atoms. The van der Waals surface area contributed by atoms with Gasteiger partial charge in [-0.3, -0.25) is 4.90 Å². The van der Waals surface area contributed by atoms with Crippen molar-refractivity contribution in [3.05, 3.63) is 12.2 Å². The molecule has 0 radical (unpaired) electrons. The van der Waals surface area contributed by atoms with Gasteiger partial charge in [-0.15, -0.1) is 0 Å². The Morgan fingerprint density at radius 1 is 1.50 bits per heavy atom. The molecule has 80 valence electrons. The topological polar surface area (TPSA) is 70.4 Å². The van der Waals surface area contributed by atoms with Crippen LogP contribution in [0.15, 0.2) is 12.2 Å². The molecule has 1 saturated heterocycles. The zero-order valence-corrected chi connectivity index (χ0v) is 8.38. The number of nitrogens with zero attached hydrogens (tertiary/aromatic N) is 1. The van der Waals surface area contributed by atoms with Crippen molar-refractivity contribution in [1.29, 1.82) is 0 Å². The molecule has 0 bridgehead atoms. The zero-order valence-electron chi connectivity index (χ0n) is 8.38. The molecular formula is C9H18N4O. The first-order valence-corrected chi connectivity index (χ1v) is 4.81. The van der Waals surface area contributed by atoms with Crippen LogP contribution in [-0.4, -0.2) is 50.2 Å². The second kappa shape index (κ2) is 5.62. The van der Waals surface area contributed by atoms with Gasteiger partial charge in [0.1, 0.15) is 0 Å². The minimum Gasteiger partial charge on any atom is -0.352 e. The molecule has 0 saturated carbocycles. The van der Waals surface area contributed by atoms with Gasteiger partial charge in [-0.05, 0) is 5.57 Å². The molecule has 1 heterocycles. The molecule has 0 unspecified atom stereocenters. The second-order valence-electron chi connectivity index (χ2n) is 3.49. The van der Waals surface area contributed by atoms with Gasteiger partial charge in [0.15, 0.2) is 0 Å². The van der Waals surface area contributed by atoms with Crippen LogP contribution < -0.4 is 16.4 Å². The highest BCUT2D eigenvalue weighted by molar-refractivity contribution is 5.71. The summed E-state index contributed by atoms with van der Waals surface area (Å²) >= 11 is 0. The summed E-state index contributed by atoms with van der Waals surface area (Å²) in [5.74, 6) is 0. The van der Waals surface area contributed by atoms with Crippen LogP contribution in [0.1, 0.15) is 0 Å². The summed E-state index contributed by atoms with van der Waals surface area (Å²) < 4.78 is 0. The average Bonchev–Trinajstić information content (AvgIpc) is 2.16. The van der Waals surface area contributed by atoms with E-state index in [1.54, 1.807) is 0 Å². The second-order valence-corrected chi connectivity index (χ2v) is 3.49. The Morgan fingerprint density at radius 2 is 2.14 bits per heavy atom. The van der Waals surface area contributed by atoms with E-state index in [1.807, 2.05) is 0 Å². The standard InChI is InChI=1S/C9H18N4O/c1-8(6-12-9(10)14)7-13-4-2-11-3-5-13/h11H,1-7H2,(H3,10,12,14). The lowest BCUT2D eigenvalue weighted by molar-refractivity contribution is 0.247. The van der Waals surface area contributed by atoms with Gasteiger partial charge in [0.05, 0.1) is 0 Å². The number of amides is 2. The highest BCUT2D eigenvalue weighted by Crippen LogP contribution is 1.97. The van der Waals surface area contributed by atoms with Crippen molar-refractivity contribution in [2.75, 3.05) is 39.3 Å². The van der Waals surface area contributed by atoms with E-state index < -0.39 is 6.03 Å². The molecule has 1 rings (SSSR count). The third-order valence-corrected chi connectivity index (χ3v) is 2.17. The van der Waals surface area contributed by atoms with E-state index >= 15 is 0 Å². The lowest BCUT2D eigenvalue weighted by Gasteiger charge is -2.27. The molecule has 1 aliphatic rings. The van der Waals surface area contributed by atoms with E-state index in [1.165, 1.54) is 0 Å². The zero-order chi connectivity index (χ0) is 10.4. The molecule has 1 fully saturated rings. The molecule has 2 amide bonds. The highest BCUT2D eigenvalue weighted by Gasteiger charge is 2.10. The summed E-state index contributed by atoms with van der Waals surface area (Å²) in [5, 5.41) is 5.81. The maximum Gasteiger partial charge on any atom is 0.312 e. The van der Waals surface area contributed by atoms with E-state index in [4.69, 9.17) is 5.73 Å². The van der Waals surface area contributed by atoms with E-state index in [0.717, 1.165) is 38.3 Å². The number of piperazine rings is 1. The monoisotopic (exact) mass is 198 g/mol. The van der Waals surface area contributed by atoms with Gasteiger partial charge in [0.25, 0.3) is 0 Å². The molecule has 4 N–H and O–H groups in total. The molecule has 0 aromatic heterocycles. The van der Waals surface area contributed by atoms with E-state index in [0.29, 0.717) is 6.54 Å². The highest BCUT2D eigenvalue weighted by atomic mass is 16.2. The van der Waals surface area contributed by atoms with Crippen LogP contribution in [0.3, 0.4) is 0 Å². The van der Waals surface area contributed by atoms with Crippen LogP contribution in [0.4, 0.5) is 4.79 Å². The van der Waals surface area contributed by atoms with Gasteiger partial charge in [0, 0.05) is 39.3 Å². The molecule has 14 heavy (non-hydrogen) atoms. The lowest BCUT2D eigenvalue weighted by atomic mass is 10.2. The maximum absolute atomic E-state index is 10.4. The third kappa shape index (κ3) is 4.25. The smallest absolute Gasteiger partial charge is 0.312 e. The van der Waals surface area contributed by atoms with Crippen LogP contribution in [0, 0.1) is 0 Å². The van der Waals surface area contributed by atoms with Crippen LogP contribution in [0.2, 0.25) is 0 Å². The Bertz CT molecular complexity index is 211. The molecular weight excluding hydrogens is 180 g/mol. The quantitative estimate of drug-likeness (QED) is 0.514. The number of nitrogens with one attached hydrogen (secondary N) is 2. The van der Waals surface area contributed by atoms with Crippen LogP contribution in [0.25, 0.3) is 0 Å². The Morgan fingerprint density at radius 3 is 2.71 bits per heavy atom. The Hall–Kier alpha value is -1.07. The first-order valence-electron chi connectivity index (χ1n) is 4.81. The number of primary amides is 1. The predicted molar refractivity (Wildman–Crippen MR) is 56.0 cm³/mol. The lowest BCUT2D eigenvalue weighted by Crippen LogP contribution is -2.45. The number of hydrogen-bond acceptors (Lipinski definition) is 3. The van der Waals surface area contributed by atoms with Gasteiger partial charge in [-0.1, -0.05) is 6.58 Å². The third-order valence-electron chi connectivity index (χ3n) is 2.17. The molecule has 0 aliphatic carbocycles. The number of rotatable bonds is 4. The van der Waals surface area contributed by atoms with Crippen LogP contribution >= 0.6 is 0 Å². The first kappa shape index (κ1) is 11.0. The van der Waals surface area contributed by atoms with Gasteiger partial charge in [-0.2, -0.15) is 0 Å². The van der Waals surface area contributed by atoms with Crippen molar-refractivity contribution in [2.24, 2.45) is 5.73 Å². The molecule has 1 aliphatic heterocycles. The Kier molecular flexibility index (Phi) is 4.42. The van der Waals surface area contributed by atoms with Crippen molar-refractivity contribution in [2.45, 2.75) is 0 Å². The van der Waals surface area contributed by atoms with Gasteiger partial charge < -0.3 is 16.4 Å². The molecule has 5 heteroatoms.